The van der Waals surface area contributed by atoms with E-state index in [-0.39, 0.29) is 30.5 Å². The van der Waals surface area contributed by atoms with Crippen molar-refractivity contribution in [1.29, 1.82) is 0 Å². The van der Waals surface area contributed by atoms with Crippen molar-refractivity contribution < 1.29 is 18.9 Å². The molecule has 2 aromatic rings. The molecule has 8 nitrogen and oxygen atoms in total. The highest BCUT2D eigenvalue weighted by atomic mass is 19.1. The fourth-order valence-corrected chi connectivity index (χ4v) is 3.77. The van der Waals surface area contributed by atoms with Crippen molar-refractivity contribution in [2.24, 2.45) is 5.92 Å². The van der Waals surface area contributed by atoms with Crippen molar-refractivity contribution in [1.82, 2.24) is 4.98 Å². The molecule has 0 spiro atoms. The second-order valence-electron chi connectivity index (χ2n) is 6.88. The zero-order valence-corrected chi connectivity index (χ0v) is 14.9. The fourth-order valence-electron chi connectivity index (χ4n) is 3.77. The van der Waals surface area contributed by atoms with Crippen LogP contribution in [0.5, 0.6) is 0 Å². The molecular weight excluding hydrogens is 367 g/mol. The maximum absolute atomic E-state index is 13.6. The van der Waals surface area contributed by atoms with Crippen molar-refractivity contribution in [2.45, 2.75) is 19.3 Å². The molecule has 0 saturated carbocycles. The molecule has 3 heterocycles. The predicted molar refractivity (Wildman–Crippen MR) is 98.4 cm³/mol. The zero-order chi connectivity index (χ0) is 19.8. The summed E-state index contributed by atoms with van der Waals surface area (Å²) < 4.78 is 13.6. The van der Waals surface area contributed by atoms with E-state index in [4.69, 9.17) is 0 Å². The van der Waals surface area contributed by atoms with Crippen LogP contribution in [0.25, 0.3) is 0 Å². The quantitative estimate of drug-likeness (QED) is 0.598. The smallest absolute Gasteiger partial charge is 0.306 e. The summed E-state index contributed by atoms with van der Waals surface area (Å²) in [6.45, 7) is 0.634. The number of fused-ring (bicyclic) bond motifs is 1. The van der Waals surface area contributed by atoms with Gasteiger partial charge in [-0.3, -0.25) is 24.6 Å². The molecule has 1 unspecified atom stereocenters. The Bertz CT molecular complexity index is 980. The molecule has 28 heavy (non-hydrogen) atoms. The van der Waals surface area contributed by atoms with E-state index in [0.717, 1.165) is 30.5 Å². The van der Waals surface area contributed by atoms with Crippen LogP contribution in [-0.4, -0.2) is 34.8 Å². The second kappa shape index (κ2) is 6.99. The number of pyridine rings is 1. The van der Waals surface area contributed by atoms with E-state index in [1.54, 1.807) is 11.1 Å². The van der Waals surface area contributed by atoms with Crippen molar-refractivity contribution in [3.63, 3.8) is 0 Å². The number of carbonyl (C=O) groups is 2. The van der Waals surface area contributed by atoms with Crippen LogP contribution in [0, 0.1) is 21.8 Å². The van der Waals surface area contributed by atoms with E-state index in [1.165, 1.54) is 11.0 Å². The molecule has 0 bridgehead atoms. The number of aryl methyl sites for hydroxylation is 1. The summed E-state index contributed by atoms with van der Waals surface area (Å²) in [6, 6.07) is 7.06. The van der Waals surface area contributed by atoms with Gasteiger partial charge in [-0.15, -0.1) is 0 Å². The summed E-state index contributed by atoms with van der Waals surface area (Å²) in [5.74, 6) is -1.43. The lowest BCUT2D eigenvalue weighted by Gasteiger charge is -2.30. The topological polar surface area (TPSA) is 96.7 Å². The van der Waals surface area contributed by atoms with Crippen LogP contribution in [0.4, 0.5) is 21.6 Å². The molecule has 0 radical (unpaired) electrons. The standard InChI is InChI=1S/C19H17FN4O4/c20-15-6-5-14(10-16(15)24(27)28)23-11-13(9-17(23)25)19(26)22-8-2-4-12-3-1-7-21-18(12)22/h1,3,5-7,10,13H,2,4,8-9,11H2. The molecular formula is C19H17FN4O4. The Hall–Kier alpha value is -3.36. The Labute approximate surface area is 159 Å². The maximum Gasteiger partial charge on any atom is 0.306 e. The zero-order valence-electron chi connectivity index (χ0n) is 14.9. The summed E-state index contributed by atoms with van der Waals surface area (Å²) in [5.41, 5.74) is 0.511. The van der Waals surface area contributed by atoms with Crippen LogP contribution >= 0.6 is 0 Å². The van der Waals surface area contributed by atoms with Gasteiger partial charge in [-0.2, -0.15) is 4.39 Å². The lowest BCUT2D eigenvalue weighted by Crippen LogP contribution is -2.41. The Kier molecular flexibility index (Phi) is 4.50. The summed E-state index contributed by atoms with van der Waals surface area (Å²) in [7, 11) is 0. The summed E-state index contributed by atoms with van der Waals surface area (Å²) in [6.07, 6.45) is 3.30. The molecule has 2 aliphatic rings. The fraction of sp³-hybridized carbons (Fsp3) is 0.316. The maximum atomic E-state index is 13.6. The number of nitrogens with zero attached hydrogens (tertiary/aromatic N) is 4. The summed E-state index contributed by atoms with van der Waals surface area (Å²) in [5, 5.41) is 11.0. The van der Waals surface area contributed by atoms with Crippen LogP contribution in [-0.2, 0) is 16.0 Å². The molecule has 1 aromatic heterocycles. The van der Waals surface area contributed by atoms with Crippen LogP contribution in [0.15, 0.2) is 36.5 Å². The van der Waals surface area contributed by atoms with E-state index < -0.39 is 22.3 Å². The Morgan fingerprint density at radius 3 is 2.93 bits per heavy atom. The van der Waals surface area contributed by atoms with Gasteiger partial charge in [0.1, 0.15) is 5.82 Å². The minimum Gasteiger partial charge on any atom is -0.311 e. The van der Waals surface area contributed by atoms with Crippen LogP contribution in [0.1, 0.15) is 18.4 Å². The molecule has 0 aliphatic carbocycles. The number of hydrogen-bond donors (Lipinski definition) is 0. The normalized spacial score (nSPS) is 18.9. The molecule has 1 saturated heterocycles. The number of nitro benzene ring substituents is 1. The number of aromatic nitrogens is 1. The number of carbonyl (C=O) groups excluding carboxylic acids is 2. The van der Waals surface area contributed by atoms with Crippen molar-refractivity contribution in [2.75, 3.05) is 22.9 Å². The third kappa shape index (κ3) is 3.08. The lowest BCUT2D eigenvalue weighted by molar-refractivity contribution is -0.387. The van der Waals surface area contributed by atoms with E-state index in [9.17, 15) is 24.1 Å². The predicted octanol–water partition coefficient (Wildman–Crippen LogP) is 2.46. The number of benzene rings is 1. The average molecular weight is 384 g/mol. The number of rotatable bonds is 3. The molecule has 9 heteroatoms. The number of anilines is 2. The van der Waals surface area contributed by atoms with Gasteiger partial charge in [0.05, 0.1) is 16.5 Å². The minimum atomic E-state index is -0.968. The highest BCUT2D eigenvalue weighted by Crippen LogP contribution is 2.32. The third-order valence-corrected chi connectivity index (χ3v) is 5.13. The lowest BCUT2D eigenvalue weighted by atomic mass is 10.0. The highest BCUT2D eigenvalue weighted by Gasteiger charge is 2.39. The first kappa shape index (κ1) is 18.0. The molecule has 1 atom stereocenters. The van der Waals surface area contributed by atoms with E-state index >= 15 is 0 Å². The minimum absolute atomic E-state index is 0.00265. The largest absolute Gasteiger partial charge is 0.311 e. The van der Waals surface area contributed by atoms with Gasteiger partial charge in [-0.05, 0) is 36.6 Å². The summed E-state index contributed by atoms with van der Waals surface area (Å²) in [4.78, 5) is 42.9. The highest BCUT2D eigenvalue weighted by molar-refractivity contribution is 6.04. The number of hydrogen-bond acceptors (Lipinski definition) is 5. The van der Waals surface area contributed by atoms with Crippen LogP contribution in [0.3, 0.4) is 0 Å². The SMILES string of the molecule is O=C1CC(C(=O)N2CCCc3cccnc32)CN1c1ccc(F)c([N+](=O)[O-])c1. The van der Waals surface area contributed by atoms with Gasteiger partial charge in [0.15, 0.2) is 0 Å². The molecule has 1 aromatic carbocycles. The van der Waals surface area contributed by atoms with E-state index in [0.29, 0.717) is 12.4 Å². The average Bonchev–Trinajstić information content (AvgIpc) is 3.09. The molecule has 2 amide bonds. The Morgan fingerprint density at radius 2 is 2.14 bits per heavy atom. The van der Waals surface area contributed by atoms with Gasteiger partial charge in [0.25, 0.3) is 0 Å². The number of nitro groups is 1. The first-order valence-corrected chi connectivity index (χ1v) is 8.95. The van der Waals surface area contributed by atoms with Gasteiger partial charge in [-0.1, -0.05) is 6.07 Å². The van der Waals surface area contributed by atoms with Gasteiger partial charge >= 0.3 is 5.69 Å². The summed E-state index contributed by atoms with van der Waals surface area (Å²) >= 11 is 0. The Balaban J connectivity index is 1.57. The van der Waals surface area contributed by atoms with E-state index in [1.807, 2.05) is 12.1 Å². The molecule has 2 aliphatic heterocycles. The number of halogens is 1. The Morgan fingerprint density at radius 1 is 1.32 bits per heavy atom. The molecule has 144 valence electrons. The van der Waals surface area contributed by atoms with Gasteiger partial charge in [0.2, 0.25) is 17.6 Å². The molecule has 4 rings (SSSR count). The van der Waals surface area contributed by atoms with Gasteiger partial charge in [-0.25, -0.2) is 4.98 Å². The molecule has 0 N–H and O–H groups in total. The van der Waals surface area contributed by atoms with E-state index in [2.05, 4.69) is 4.98 Å². The van der Waals surface area contributed by atoms with Crippen molar-refractivity contribution in [3.8, 4) is 0 Å². The van der Waals surface area contributed by atoms with Gasteiger partial charge < -0.3 is 4.90 Å². The number of amides is 2. The first-order chi connectivity index (χ1) is 13.5. The van der Waals surface area contributed by atoms with Crippen LogP contribution < -0.4 is 9.80 Å². The van der Waals surface area contributed by atoms with Crippen molar-refractivity contribution in [3.05, 3.63) is 58.0 Å². The molecule has 1 fully saturated rings. The van der Waals surface area contributed by atoms with Gasteiger partial charge in [0, 0.05) is 31.8 Å². The second-order valence-corrected chi connectivity index (χ2v) is 6.88. The monoisotopic (exact) mass is 384 g/mol. The first-order valence-electron chi connectivity index (χ1n) is 8.95. The third-order valence-electron chi connectivity index (χ3n) is 5.13. The van der Waals surface area contributed by atoms with Crippen molar-refractivity contribution >= 4 is 29.0 Å². The van der Waals surface area contributed by atoms with Crippen LogP contribution in [0.2, 0.25) is 0 Å².